The lowest BCUT2D eigenvalue weighted by molar-refractivity contribution is -0.247. The molecule has 8 atom stereocenters. The summed E-state index contributed by atoms with van der Waals surface area (Å²) in [4.78, 5) is 94.3. The third kappa shape index (κ3) is 19.7. The van der Waals surface area contributed by atoms with Crippen molar-refractivity contribution >= 4 is 69.1 Å². The molecule has 1 aliphatic rings. The first-order valence-electron chi connectivity index (χ1n) is 18.5. The van der Waals surface area contributed by atoms with E-state index in [2.05, 4.69) is 50.4 Å². The highest BCUT2D eigenvalue weighted by molar-refractivity contribution is 8.13. The number of aliphatic hydroxyl groups is 2. The highest BCUT2D eigenvalue weighted by Gasteiger charge is 2.48. The zero-order valence-electron chi connectivity index (χ0n) is 35.6. The first-order chi connectivity index (χ1) is 27.6. The van der Waals surface area contributed by atoms with Crippen LogP contribution in [0.3, 0.4) is 0 Å². The molecular weight excluding hydrogens is 909 g/mol. The maximum absolute atomic E-state index is 12.6. The van der Waals surface area contributed by atoms with E-state index in [4.69, 9.17) is 10.5 Å². The Kier molecular flexibility index (Phi) is 25.9. The number of quaternary nitrogens is 3. The third-order valence-corrected chi connectivity index (χ3v) is 12.7. The predicted octanol–water partition coefficient (Wildman–Crippen LogP) is 1.04. The number of nitrogen functional groups attached to an aromatic ring is 1. The second kappa shape index (κ2) is 27.0. The van der Waals surface area contributed by atoms with Gasteiger partial charge in [0.25, 0.3) is 23.5 Å². The number of carbonyl (C=O) groups is 3. The van der Waals surface area contributed by atoms with Crippen molar-refractivity contribution in [2.75, 3.05) is 37.8 Å². The molecule has 0 spiro atoms. The number of unbranched alkanes of at least 4 members (excludes halogenated alkanes) is 6. The molecule has 0 bridgehead atoms. The number of carbonyl (C=O) groups excluding carboxylic acids is 3. The summed E-state index contributed by atoms with van der Waals surface area (Å²) in [7, 11) is -17.3. The number of thioether (sulfide) groups is 1. The highest BCUT2D eigenvalue weighted by atomic mass is 32.2. The number of phosphoric ester groups is 3. The average molecular weight is 973 g/mol. The van der Waals surface area contributed by atoms with E-state index in [1.165, 1.54) is 39.5 Å². The first-order valence-corrected chi connectivity index (χ1v) is 24.0. The van der Waals surface area contributed by atoms with Gasteiger partial charge in [-0.05, 0) is 6.42 Å². The lowest BCUT2D eigenvalue weighted by Crippen LogP contribution is -2.46. The summed E-state index contributed by atoms with van der Waals surface area (Å²) >= 11 is 1.13. The van der Waals surface area contributed by atoms with Gasteiger partial charge in [0, 0.05) is 37.1 Å². The monoisotopic (exact) mass is 972 g/mol. The minimum atomic E-state index is -5.90. The van der Waals surface area contributed by atoms with Gasteiger partial charge in [0.1, 0.15) is 36.3 Å². The minimum Gasteiger partial charge on any atom is -0.756 e. The van der Waals surface area contributed by atoms with Crippen LogP contribution in [0.15, 0.2) is 12.7 Å². The van der Waals surface area contributed by atoms with Crippen LogP contribution in [0.1, 0.15) is 84.8 Å². The number of imidazole rings is 1. The van der Waals surface area contributed by atoms with Crippen LogP contribution in [0.2, 0.25) is 0 Å². The molecule has 1 saturated heterocycles. The second-order valence-electron chi connectivity index (χ2n) is 14.1. The lowest BCUT2D eigenvalue weighted by atomic mass is 9.87. The van der Waals surface area contributed by atoms with E-state index in [0.29, 0.717) is 12.2 Å². The number of amides is 2. The summed E-state index contributed by atoms with van der Waals surface area (Å²) in [5.74, 6) is -1.12. The van der Waals surface area contributed by atoms with Crippen LogP contribution in [0.4, 0.5) is 5.82 Å². The fraction of sp³-hybridized carbons (Fsp3) is 0.742. The number of fused-ring (bicyclic) bond motifs is 1. The molecule has 0 saturated carbocycles. The molecule has 31 heteroatoms. The molecule has 3 rings (SSSR count). The molecular formula is C31H63N10O17P3S. The Hall–Kier alpha value is -2.56. The fourth-order valence-electron chi connectivity index (χ4n) is 5.58. The van der Waals surface area contributed by atoms with E-state index in [1.807, 2.05) is 0 Å². The summed E-state index contributed by atoms with van der Waals surface area (Å²) in [6, 6.07) is 0. The van der Waals surface area contributed by atoms with Crippen molar-refractivity contribution in [3.05, 3.63) is 12.7 Å². The molecule has 2 aromatic heterocycles. The van der Waals surface area contributed by atoms with Crippen molar-refractivity contribution in [3.8, 4) is 0 Å². The molecule has 2 aromatic rings. The largest absolute Gasteiger partial charge is 0.756 e. The number of aliphatic hydroxyl groups excluding tert-OH is 2. The zero-order valence-corrected chi connectivity index (χ0v) is 39.1. The molecule has 27 nitrogen and oxygen atoms in total. The van der Waals surface area contributed by atoms with Gasteiger partial charge in [0.05, 0.1) is 19.5 Å². The number of phosphoric acid groups is 3. The van der Waals surface area contributed by atoms with Crippen molar-refractivity contribution in [3.63, 3.8) is 0 Å². The number of nitrogens with zero attached hydrogens (tertiary/aromatic N) is 4. The van der Waals surface area contributed by atoms with Gasteiger partial charge < -0.3 is 82.9 Å². The maximum Gasteiger partial charge on any atom is 0.274 e. The van der Waals surface area contributed by atoms with E-state index < -0.39 is 84.6 Å². The number of hydrogen-bond donors (Lipinski definition) is 9. The topological polar surface area (TPSA) is 482 Å². The summed E-state index contributed by atoms with van der Waals surface area (Å²) in [6.45, 7) is 2.37. The van der Waals surface area contributed by atoms with Gasteiger partial charge in [-0.15, -0.1) is 0 Å². The van der Waals surface area contributed by atoms with Crippen LogP contribution in [0.25, 0.3) is 11.2 Å². The van der Waals surface area contributed by atoms with Gasteiger partial charge in [-0.1, -0.05) is 71.1 Å². The molecule has 2 amide bonds. The number of nitrogens with two attached hydrogens (primary N) is 1. The Morgan fingerprint density at radius 3 is 2.24 bits per heavy atom. The zero-order chi connectivity index (χ0) is 44.0. The maximum atomic E-state index is 12.6. The number of hydrogen-bond acceptors (Lipinski definition) is 21. The first kappa shape index (κ1) is 59.4. The molecule has 19 N–H and O–H groups in total. The van der Waals surface area contributed by atoms with Gasteiger partial charge in [0.2, 0.25) is 11.8 Å². The van der Waals surface area contributed by atoms with Crippen LogP contribution in [-0.2, 0) is 50.7 Å². The van der Waals surface area contributed by atoms with E-state index in [-0.39, 0.29) is 60.1 Å². The average Bonchev–Trinajstić information content (AvgIpc) is 3.71. The Bertz CT molecular complexity index is 1860. The molecule has 0 radical (unpaired) electrons. The standard InChI is InChI=1S/C31H54N7O17P3S.3H3N/c1-4-5-6-7-8-9-10-11-22(40)59-15-14-33-21(39)12-13-34-29(43)26(42)31(2,3)17-52-58(49,50)55-57(47,48)51-16-20-25(54-56(44,45)46)24(41)30(53-20)38-19-37-23-27(32)35-18-36-28(23)38;;;/h18-20,24-26,30,41-42H,4-17H2,1-3H3,(H,33,39)(H,34,43)(H,47,48)(H,49,50)(H2,32,35,36)(H2,44,45,46);3*1H3/t20-,24-,25-,26+,30-;;;/m1.../s1. The van der Waals surface area contributed by atoms with Crippen molar-refractivity contribution in [1.82, 2.24) is 48.6 Å². The van der Waals surface area contributed by atoms with E-state index >= 15 is 0 Å². The Balaban J connectivity index is 0.0000124. The van der Waals surface area contributed by atoms with E-state index in [0.717, 1.165) is 48.2 Å². The highest BCUT2D eigenvalue weighted by Crippen LogP contribution is 2.56. The molecule has 3 heterocycles. The summed E-state index contributed by atoms with van der Waals surface area (Å²) in [5.41, 5.74) is 4.13. The number of anilines is 1. The number of aromatic nitrogens is 4. The lowest BCUT2D eigenvalue weighted by Gasteiger charge is -2.35. The molecule has 0 aromatic carbocycles. The third-order valence-electron chi connectivity index (χ3n) is 8.73. The van der Waals surface area contributed by atoms with Gasteiger partial charge in [-0.25, -0.2) is 19.3 Å². The molecule has 1 aliphatic heterocycles. The summed E-state index contributed by atoms with van der Waals surface area (Å²) in [5, 5.41) is 26.4. The number of ether oxygens (including phenoxy) is 1. The van der Waals surface area contributed by atoms with Gasteiger partial charge in [0.15, 0.2) is 22.8 Å². The Morgan fingerprint density at radius 1 is 0.968 bits per heavy atom. The van der Waals surface area contributed by atoms with Crippen LogP contribution < -0.4 is 49.5 Å². The fourth-order valence-corrected chi connectivity index (χ4v) is 9.04. The molecule has 3 unspecified atom stereocenters. The van der Waals surface area contributed by atoms with Gasteiger partial charge >= 0.3 is 0 Å². The predicted molar refractivity (Wildman–Crippen MR) is 221 cm³/mol. The second-order valence-corrected chi connectivity index (χ2v) is 19.4. The van der Waals surface area contributed by atoms with Crippen molar-refractivity contribution in [2.24, 2.45) is 5.41 Å². The van der Waals surface area contributed by atoms with Crippen LogP contribution >= 0.6 is 35.2 Å². The quantitative estimate of drug-likeness (QED) is 0.0446. The number of nitrogens with one attached hydrogen (secondary N) is 2. The van der Waals surface area contributed by atoms with Crippen molar-refractivity contribution in [1.29, 1.82) is 0 Å². The van der Waals surface area contributed by atoms with Gasteiger partial charge in [-0.3, -0.25) is 32.6 Å². The van der Waals surface area contributed by atoms with Crippen molar-refractivity contribution in [2.45, 2.75) is 109 Å². The number of rotatable bonds is 27. The van der Waals surface area contributed by atoms with Crippen LogP contribution in [-0.4, -0.2) is 108 Å². The minimum absolute atomic E-state index is 0. The normalized spacial score (nSPS) is 20.9. The molecule has 360 valence electrons. The van der Waals surface area contributed by atoms with Gasteiger partial charge in [-0.2, -0.15) is 0 Å². The Morgan fingerprint density at radius 2 is 1.60 bits per heavy atom. The van der Waals surface area contributed by atoms with Crippen LogP contribution in [0.5, 0.6) is 0 Å². The molecule has 1 fully saturated rings. The summed E-state index contributed by atoms with van der Waals surface area (Å²) < 4.78 is 60.9. The van der Waals surface area contributed by atoms with Crippen molar-refractivity contribution < 1.29 is 80.5 Å². The Labute approximate surface area is 362 Å². The van der Waals surface area contributed by atoms with Crippen LogP contribution in [0, 0.1) is 5.41 Å². The SMILES string of the molecule is CCCCCCCCCC(=O)SCCNC(=O)CCNC(=O)[C@H](O)C(C)(C)COP(=O)([O-])OP(=O)([O-])OC[C@H]1O[C@@H](n2cnc3c(N)ncnc32)[C@H](O)[C@@H]1OP(=O)([O-])O.[NH4+].[NH4+].[NH4+]. The smallest absolute Gasteiger partial charge is 0.274 e. The van der Waals surface area contributed by atoms with E-state index in [9.17, 15) is 57.9 Å². The molecule has 0 aliphatic carbocycles. The molecule has 62 heavy (non-hydrogen) atoms. The van der Waals surface area contributed by atoms with E-state index in [1.54, 1.807) is 0 Å². The summed E-state index contributed by atoms with van der Waals surface area (Å²) in [6.07, 6.45) is 0.837.